The Labute approximate surface area is 142 Å². The molecule has 1 aromatic rings. The molecule has 130 valence electrons. The van der Waals surface area contributed by atoms with E-state index in [9.17, 15) is 17.6 Å². The van der Waals surface area contributed by atoms with Gasteiger partial charge in [0.2, 0.25) is 5.91 Å². The van der Waals surface area contributed by atoms with Crippen LogP contribution < -0.4 is 0 Å². The van der Waals surface area contributed by atoms with E-state index >= 15 is 0 Å². The third kappa shape index (κ3) is 4.44. The first-order valence-corrected chi connectivity index (χ1v) is 10.1. The Kier molecular flexibility index (Phi) is 5.04. The van der Waals surface area contributed by atoms with Gasteiger partial charge < -0.3 is 4.90 Å². The first kappa shape index (κ1) is 17.1. The van der Waals surface area contributed by atoms with Crippen molar-refractivity contribution in [2.75, 3.05) is 18.8 Å². The summed E-state index contributed by atoms with van der Waals surface area (Å²) in [7, 11) is -3.10. The van der Waals surface area contributed by atoms with Crippen LogP contribution in [-0.4, -0.2) is 38.1 Å². The number of rotatable bonds is 4. The Bertz CT molecular complexity index is 719. The third-order valence-electron chi connectivity index (χ3n) is 4.85. The highest BCUT2D eigenvalue weighted by atomic mass is 32.2. The van der Waals surface area contributed by atoms with Crippen LogP contribution in [0.3, 0.4) is 0 Å². The number of piperidine rings is 1. The fourth-order valence-electron chi connectivity index (χ4n) is 3.46. The van der Waals surface area contributed by atoms with Gasteiger partial charge in [0.1, 0.15) is 5.82 Å². The molecule has 6 heteroatoms. The number of halogens is 1. The summed E-state index contributed by atoms with van der Waals surface area (Å²) in [5, 5.41) is 1.22. The van der Waals surface area contributed by atoms with Gasteiger partial charge in [-0.3, -0.25) is 4.79 Å². The van der Waals surface area contributed by atoms with Crippen LogP contribution >= 0.6 is 0 Å². The lowest BCUT2D eigenvalue weighted by atomic mass is 9.90. The zero-order valence-electron chi connectivity index (χ0n) is 13.5. The van der Waals surface area contributed by atoms with E-state index in [-0.39, 0.29) is 29.8 Å². The van der Waals surface area contributed by atoms with Crippen molar-refractivity contribution < 1.29 is 17.6 Å². The van der Waals surface area contributed by atoms with Crippen LogP contribution in [0.4, 0.5) is 4.39 Å². The molecule has 0 aliphatic carbocycles. The van der Waals surface area contributed by atoms with Crippen molar-refractivity contribution in [2.24, 2.45) is 11.8 Å². The zero-order chi connectivity index (χ0) is 17.2. The molecule has 24 heavy (non-hydrogen) atoms. The second kappa shape index (κ2) is 7.05. The lowest BCUT2D eigenvalue weighted by Crippen LogP contribution is -2.39. The standard InChI is InChI=1S/C18H22FNO3S/c19-17-3-1-14(2-4-17)11-15-5-8-20(9-6-15)18(21)12-16-7-10-24(22,23)13-16/h1-4,7,10,15-16H,5-6,8-9,11-13H2. The largest absolute Gasteiger partial charge is 0.343 e. The van der Waals surface area contributed by atoms with Crippen molar-refractivity contribution in [2.45, 2.75) is 25.7 Å². The van der Waals surface area contributed by atoms with Crippen LogP contribution in [0.25, 0.3) is 0 Å². The van der Waals surface area contributed by atoms with Gasteiger partial charge in [0.05, 0.1) is 5.75 Å². The Balaban J connectivity index is 1.45. The topological polar surface area (TPSA) is 54.5 Å². The van der Waals surface area contributed by atoms with Crippen LogP contribution in [0.1, 0.15) is 24.8 Å². The molecule has 1 atom stereocenters. The number of hydrogen-bond donors (Lipinski definition) is 0. The smallest absolute Gasteiger partial charge is 0.223 e. The molecule has 1 fully saturated rings. The van der Waals surface area contributed by atoms with Crippen LogP contribution in [0.2, 0.25) is 0 Å². The summed E-state index contributed by atoms with van der Waals surface area (Å²) in [4.78, 5) is 14.2. The number of likely N-dealkylation sites (tertiary alicyclic amines) is 1. The molecule has 1 aromatic carbocycles. The number of benzene rings is 1. The normalized spacial score (nSPS) is 23.5. The van der Waals surface area contributed by atoms with Gasteiger partial charge in [-0.05, 0) is 42.9 Å². The molecule has 0 radical (unpaired) electrons. The predicted octanol–water partition coefficient (Wildman–Crippen LogP) is 2.56. The zero-order valence-corrected chi connectivity index (χ0v) is 14.3. The molecule has 0 N–H and O–H groups in total. The van der Waals surface area contributed by atoms with Crippen LogP contribution in [-0.2, 0) is 21.1 Å². The molecule has 0 spiro atoms. The van der Waals surface area contributed by atoms with E-state index in [0.29, 0.717) is 19.0 Å². The fraction of sp³-hybridized carbons (Fsp3) is 0.500. The van der Waals surface area contributed by atoms with Crippen molar-refractivity contribution in [1.82, 2.24) is 4.90 Å². The third-order valence-corrected chi connectivity index (χ3v) is 6.31. The highest BCUT2D eigenvalue weighted by Crippen LogP contribution is 2.24. The molecule has 4 nitrogen and oxygen atoms in total. The number of allylic oxidation sites excluding steroid dienone is 1. The van der Waals surface area contributed by atoms with Gasteiger partial charge >= 0.3 is 0 Å². The number of hydrogen-bond acceptors (Lipinski definition) is 3. The van der Waals surface area contributed by atoms with E-state index in [0.717, 1.165) is 24.8 Å². The molecular formula is C18H22FNO3S. The van der Waals surface area contributed by atoms with Gasteiger partial charge in [-0.1, -0.05) is 18.2 Å². The second-order valence-corrected chi connectivity index (χ2v) is 8.71. The molecule has 3 rings (SSSR count). The van der Waals surface area contributed by atoms with Crippen molar-refractivity contribution in [3.63, 3.8) is 0 Å². The van der Waals surface area contributed by atoms with Crippen molar-refractivity contribution in [3.8, 4) is 0 Å². The van der Waals surface area contributed by atoms with E-state index in [1.165, 1.54) is 17.5 Å². The lowest BCUT2D eigenvalue weighted by Gasteiger charge is -2.32. The van der Waals surface area contributed by atoms with Crippen molar-refractivity contribution >= 4 is 15.7 Å². The summed E-state index contributed by atoms with van der Waals surface area (Å²) in [6.45, 7) is 1.43. The molecule has 1 saturated heterocycles. The Morgan fingerprint density at radius 2 is 1.83 bits per heavy atom. The minimum Gasteiger partial charge on any atom is -0.343 e. The first-order valence-electron chi connectivity index (χ1n) is 8.34. The molecule has 2 aliphatic rings. The summed E-state index contributed by atoms with van der Waals surface area (Å²) < 4.78 is 35.7. The number of amides is 1. The van der Waals surface area contributed by atoms with Crippen LogP contribution in [0, 0.1) is 17.7 Å². The lowest BCUT2D eigenvalue weighted by molar-refractivity contribution is -0.133. The molecule has 0 aromatic heterocycles. The Morgan fingerprint density at radius 1 is 1.17 bits per heavy atom. The maximum absolute atomic E-state index is 12.9. The predicted molar refractivity (Wildman–Crippen MR) is 90.4 cm³/mol. The van der Waals surface area contributed by atoms with E-state index in [4.69, 9.17) is 0 Å². The quantitative estimate of drug-likeness (QED) is 0.838. The molecule has 2 heterocycles. The van der Waals surface area contributed by atoms with E-state index in [1.807, 2.05) is 17.0 Å². The van der Waals surface area contributed by atoms with Crippen molar-refractivity contribution in [1.29, 1.82) is 0 Å². The number of carbonyl (C=O) groups is 1. The van der Waals surface area contributed by atoms with E-state index in [2.05, 4.69) is 0 Å². The molecular weight excluding hydrogens is 329 g/mol. The summed E-state index contributed by atoms with van der Waals surface area (Å²) >= 11 is 0. The van der Waals surface area contributed by atoms with E-state index in [1.54, 1.807) is 6.08 Å². The monoisotopic (exact) mass is 351 g/mol. The van der Waals surface area contributed by atoms with Crippen LogP contribution in [0.15, 0.2) is 35.7 Å². The Hall–Kier alpha value is -1.69. The molecule has 1 unspecified atom stereocenters. The summed E-state index contributed by atoms with van der Waals surface area (Å²) in [5.41, 5.74) is 1.13. The second-order valence-electron chi connectivity index (χ2n) is 6.78. The maximum atomic E-state index is 12.9. The molecule has 0 bridgehead atoms. The number of sulfone groups is 1. The molecule has 2 aliphatic heterocycles. The highest BCUT2D eigenvalue weighted by Gasteiger charge is 2.28. The van der Waals surface area contributed by atoms with Gasteiger partial charge in [0, 0.05) is 30.8 Å². The summed E-state index contributed by atoms with van der Waals surface area (Å²) in [5.74, 6) is 0.203. The van der Waals surface area contributed by atoms with Gasteiger partial charge in [-0.15, -0.1) is 0 Å². The van der Waals surface area contributed by atoms with Gasteiger partial charge in [0.25, 0.3) is 0 Å². The summed E-state index contributed by atoms with van der Waals surface area (Å²) in [6.07, 6.45) is 4.68. The minimum atomic E-state index is -3.10. The number of nitrogens with zero attached hydrogens (tertiary/aromatic N) is 1. The molecule has 0 saturated carbocycles. The minimum absolute atomic E-state index is 0.0435. The molecule has 1 amide bonds. The number of carbonyl (C=O) groups excluding carboxylic acids is 1. The van der Waals surface area contributed by atoms with Crippen LogP contribution in [0.5, 0.6) is 0 Å². The Morgan fingerprint density at radius 3 is 2.42 bits per heavy atom. The van der Waals surface area contributed by atoms with Gasteiger partial charge in [-0.2, -0.15) is 0 Å². The average molecular weight is 351 g/mol. The van der Waals surface area contributed by atoms with E-state index < -0.39 is 9.84 Å². The highest BCUT2D eigenvalue weighted by molar-refractivity contribution is 7.94. The maximum Gasteiger partial charge on any atom is 0.223 e. The average Bonchev–Trinajstić information content (AvgIpc) is 2.89. The SMILES string of the molecule is O=C(CC1C=CS(=O)(=O)C1)N1CCC(Cc2ccc(F)cc2)CC1. The van der Waals surface area contributed by atoms with Crippen molar-refractivity contribution in [3.05, 3.63) is 47.1 Å². The summed E-state index contributed by atoms with van der Waals surface area (Å²) in [6, 6.07) is 6.60. The van der Waals surface area contributed by atoms with Gasteiger partial charge in [-0.25, -0.2) is 12.8 Å². The van der Waals surface area contributed by atoms with Gasteiger partial charge in [0.15, 0.2) is 9.84 Å². The first-order chi connectivity index (χ1) is 11.4. The fourth-order valence-corrected chi connectivity index (χ4v) is 4.86.